The van der Waals surface area contributed by atoms with E-state index in [1.165, 1.54) is 5.56 Å². The van der Waals surface area contributed by atoms with E-state index >= 15 is 0 Å². The predicted octanol–water partition coefficient (Wildman–Crippen LogP) is 2.48. The van der Waals surface area contributed by atoms with E-state index in [1.807, 2.05) is 0 Å². The molecule has 0 spiro atoms. The number of hydrogen-bond acceptors (Lipinski definition) is 4. The van der Waals surface area contributed by atoms with Gasteiger partial charge in [0, 0.05) is 12.3 Å². The molecule has 0 amide bonds. The summed E-state index contributed by atoms with van der Waals surface area (Å²) in [5.74, 6) is 1.92. The molecular weight excluding hydrogens is 256 g/mol. The molecular formula is C14H20N4S. The van der Waals surface area contributed by atoms with Gasteiger partial charge in [0.15, 0.2) is 5.16 Å². The Kier molecular flexibility index (Phi) is 5.42. The maximum Gasteiger partial charge on any atom is 0.191 e. The predicted molar refractivity (Wildman–Crippen MR) is 79.1 cm³/mol. The van der Waals surface area contributed by atoms with E-state index in [2.05, 4.69) is 52.0 Å². The Bertz CT molecular complexity index is 495. The number of aromatic nitrogens is 3. The maximum absolute atomic E-state index is 5.64. The summed E-state index contributed by atoms with van der Waals surface area (Å²) in [6.45, 7) is 3.42. The average Bonchev–Trinajstić information content (AvgIpc) is 2.86. The first-order chi connectivity index (χ1) is 9.35. The fourth-order valence-electron chi connectivity index (χ4n) is 1.98. The van der Waals surface area contributed by atoms with Crippen LogP contribution in [0.5, 0.6) is 0 Å². The first-order valence-electron chi connectivity index (χ1n) is 6.64. The summed E-state index contributed by atoms with van der Waals surface area (Å²) < 4.78 is 2.09. The Labute approximate surface area is 118 Å². The van der Waals surface area contributed by atoms with Gasteiger partial charge in [0.1, 0.15) is 5.82 Å². The zero-order valence-electron chi connectivity index (χ0n) is 11.2. The van der Waals surface area contributed by atoms with E-state index in [0.717, 1.165) is 36.1 Å². The lowest BCUT2D eigenvalue weighted by molar-refractivity contribution is 0.642. The van der Waals surface area contributed by atoms with Crippen LogP contribution in [0.1, 0.15) is 24.7 Å². The van der Waals surface area contributed by atoms with Crippen LogP contribution in [-0.4, -0.2) is 20.5 Å². The van der Waals surface area contributed by atoms with E-state index in [0.29, 0.717) is 6.54 Å². The van der Waals surface area contributed by atoms with Crippen LogP contribution in [0.3, 0.4) is 0 Å². The lowest BCUT2D eigenvalue weighted by Crippen LogP contribution is -2.08. The van der Waals surface area contributed by atoms with Crippen molar-refractivity contribution in [1.82, 2.24) is 14.8 Å². The van der Waals surface area contributed by atoms with Crippen molar-refractivity contribution in [2.75, 3.05) is 5.75 Å². The lowest BCUT2D eigenvalue weighted by Gasteiger charge is -2.05. The molecule has 0 unspecified atom stereocenters. The normalized spacial score (nSPS) is 10.8. The summed E-state index contributed by atoms with van der Waals surface area (Å²) in [7, 11) is 0. The van der Waals surface area contributed by atoms with Gasteiger partial charge in [-0.25, -0.2) is 0 Å². The zero-order chi connectivity index (χ0) is 13.5. The second kappa shape index (κ2) is 7.31. The minimum Gasteiger partial charge on any atom is -0.324 e. The lowest BCUT2D eigenvalue weighted by atomic mass is 10.1. The molecule has 0 aliphatic heterocycles. The van der Waals surface area contributed by atoms with Crippen molar-refractivity contribution in [3.05, 3.63) is 41.7 Å². The van der Waals surface area contributed by atoms with Crippen LogP contribution in [0.2, 0.25) is 0 Å². The third-order valence-electron chi connectivity index (χ3n) is 2.98. The smallest absolute Gasteiger partial charge is 0.191 e. The van der Waals surface area contributed by atoms with Crippen molar-refractivity contribution in [2.24, 2.45) is 5.73 Å². The number of rotatable bonds is 7. The summed E-state index contributed by atoms with van der Waals surface area (Å²) in [6, 6.07) is 10.6. The molecule has 102 valence electrons. The Morgan fingerprint density at radius 2 is 2.00 bits per heavy atom. The number of nitrogens with two attached hydrogens (primary N) is 1. The molecule has 4 nitrogen and oxygen atoms in total. The number of hydrogen-bond donors (Lipinski definition) is 1. The van der Waals surface area contributed by atoms with Crippen LogP contribution in [-0.2, 0) is 19.5 Å². The molecule has 19 heavy (non-hydrogen) atoms. The van der Waals surface area contributed by atoms with Gasteiger partial charge < -0.3 is 10.3 Å². The van der Waals surface area contributed by atoms with Crippen LogP contribution >= 0.6 is 11.8 Å². The van der Waals surface area contributed by atoms with Gasteiger partial charge in [-0.05, 0) is 25.3 Å². The van der Waals surface area contributed by atoms with Crippen molar-refractivity contribution < 1.29 is 0 Å². The van der Waals surface area contributed by atoms with Crippen molar-refractivity contribution in [3.8, 4) is 0 Å². The van der Waals surface area contributed by atoms with Crippen molar-refractivity contribution in [3.63, 3.8) is 0 Å². The van der Waals surface area contributed by atoms with E-state index in [-0.39, 0.29) is 0 Å². The number of thioether (sulfide) groups is 1. The zero-order valence-corrected chi connectivity index (χ0v) is 12.1. The Morgan fingerprint density at radius 1 is 1.21 bits per heavy atom. The molecule has 0 saturated heterocycles. The van der Waals surface area contributed by atoms with Gasteiger partial charge in [-0.1, -0.05) is 42.1 Å². The van der Waals surface area contributed by atoms with E-state index < -0.39 is 0 Å². The highest BCUT2D eigenvalue weighted by Gasteiger charge is 2.09. The van der Waals surface area contributed by atoms with Crippen LogP contribution < -0.4 is 5.73 Å². The number of nitrogens with zero attached hydrogens (tertiary/aromatic N) is 3. The summed E-state index contributed by atoms with van der Waals surface area (Å²) >= 11 is 1.76. The molecule has 0 saturated carbocycles. The highest BCUT2D eigenvalue weighted by atomic mass is 32.2. The standard InChI is InChI=1S/C14H20N4S/c1-2-18-13(11-15)16-17-14(18)19-10-6-9-12-7-4-3-5-8-12/h3-5,7-8H,2,6,9-11,15H2,1H3. The molecule has 1 aromatic carbocycles. The molecule has 0 fully saturated rings. The van der Waals surface area contributed by atoms with Crippen LogP contribution in [0, 0.1) is 0 Å². The fourth-order valence-corrected chi connectivity index (χ4v) is 2.94. The fraction of sp³-hybridized carbons (Fsp3) is 0.429. The SMILES string of the molecule is CCn1c(CN)nnc1SCCCc1ccccc1. The van der Waals surface area contributed by atoms with Crippen LogP contribution in [0.15, 0.2) is 35.5 Å². The van der Waals surface area contributed by atoms with Gasteiger partial charge in [0.2, 0.25) is 0 Å². The molecule has 0 aliphatic carbocycles. The average molecular weight is 276 g/mol. The molecule has 0 bridgehead atoms. The van der Waals surface area contributed by atoms with Gasteiger partial charge >= 0.3 is 0 Å². The maximum atomic E-state index is 5.64. The highest BCUT2D eigenvalue weighted by Crippen LogP contribution is 2.18. The largest absolute Gasteiger partial charge is 0.324 e. The molecule has 0 radical (unpaired) electrons. The van der Waals surface area contributed by atoms with Crippen LogP contribution in [0.25, 0.3) is 0 Å². The Morgan fingerprint density at radius 3 is 2.68 bits per heavy atom. The Balaban J connectivity index is 1.81. The van der Waals surface area contributed by atoms with E-state index in [9.17, 15) is 0 Å². The molecule has 1 aromatic heterocycles. The monoisotopic (exact) mass is 276 g/mol. The van der Waals surface area contributed by atoms with Gasteiger partial charge in [0.05, 0.1) is 6.54 Å². The molecule has 1 heterocycles. The van der Waals surface area contributed by atoms with E-state index in [1.54, 1.807) is 11.8 Å². The summed E-state index contributed by atoms with van der Waals surface area (Å²) in [5.41, 5.74) is 7.03. The van der Waals surface area contributed by atoms with Crippen molar-refractivity contribution in [1.29, 1.82) is 0 Å². The van der Waals surface area contributed by atoms with Gasteiger partial charge in [-0.2, -0.15) is 0 Å². The molecule has 2 rings (SSSR count). The van der Waals surface area contributed by atoms with Gasteiger partial charge in [-0.15, -0.1) is 10.2 Å². The second-order valence-electron chi connectivity index (χ2n) is 4.28. The van der Waals surface area contributed by atoms with E-state index in [4.69, 9.17) is 5.73 Å². The molecule has 0 atom stereocenters. The minimum atomic E-state index is 0.450. The first kappa shape index (κ1) is 14.1. The Hall–Kier alpha value is -1.33. The summed E-state index contributed by atoms with van der Waals surface area (Å²) in [4.78, 5) is 0. The third-order valence-corrected chi connectivity index (χ3v) is 4.03. The summed E-state index contributed by atoms with van der Waals surface area (Å²) in [5, 5.41) is 9.29. The number of aryl methyl sites for hydroxylation is 1. The molecule has 2 aromatic rings. The molecule has 5 heteroatoms. The highest BCUT2D eigenvalue weighted by molar-refractivity contribution is 7.99. The number of benzene rings is 1. The molecule has 0 aliphatic rings. The first-order valence-corrected chi connectivity index (χ1v) is 7.62. The summed E-state index contributed by atoms with van der Waals surface area (Å²) in [6.07, 6.45) is 2.25. The van der Waals surface area contributed by atoms with Crippen molar-refractivity contribution in [2.45, 2.75) is 38.0 Å². The topological polar surface area (TPSA) is 56.7 Å². The quantitative estimate of drug-likeness (QED) is 0.623. The van der Waals surface area contributed by atoms with Gasteiger partial charge in [0.25, 0.3) is 0 Å². The second-order valence-corrected chi connectivity index (χ2v) is 5.35. The van der Waals surface area contributed by atoms with Crippen molar-refractivity contribution >= 4 is 11.8 Å². The molecule has 2 N–H and O–H groups in total. The minimum absolute atomic E-state index is 0.450. The third kappa shape index (κ3) is 3.81. The van der Waals surface area contributed by atoms with Gasteiger partial charge in [-0.3, -0.25) is 0 Å². The van der Waals surface area contributed by atoms with Crippen LogP contribution in [0.4, 0.5) is 0 Å².